The summed E-state index contributed by atoms with van der Waals surface area (Å²) in [5, 5.41) is 5.78. The third-order valence-electron chi connectivity index (χ3n) is 2.64. The molecule has 0 aliphatic heterocycles. The first-order valence-electron chi connectivity index (χ1n) is 6.16. The number of carbonyl (C=O) groups excluding carboxylic acids is 1. The van der Waals surface area contributed by atoms with Gasteiger partial charge in [-0.2, -0.15) is 0 Å². The van der Waals surface area contributed by atoms with Gasteiger partial charge in [0.25, 0.3) is 0 Å². The van der Waals surface area contributed by atoms with Gasteiger partial charge >= 0.3 is 0 Å². The SMILES string of the molecule is CC(N)CC(=O)NC(c1ccccc1)c1nccs1. The number of rotatable bonds is 5. The molecule has 0 bridgehead atoms. The molecule has 2 unspecified atom stereocenters. The summed E-state index contributed by atoms with van der Waals surface area (Å²) >= 11 is 1.53. The molecule has 0 aliphatic carbocycles. The topological polar surface area (TPSA) is 68.0 Å². The third-order valence-corrected chi connectivity index (χ3v) is 3.48. The minimum absolute atomic E-state index is 0.0564. The van der Waals surface area contributed by atoms with E-state index in [1.807, 2.05) is 42.6 Å². The normalized spacial score (nSPS) is 13.8. The molecule has 2 rings (SSSR count). The number of hydrogen-bond acceptors (Lipinski definition) is 4. The summed E-state index contributed by atoms with van der Waals surface area (Å²) in [4.78, 5) is 16.2. The van der Waals surface area contributed by atoms with Gasteiger partial charge in [-0.1, -0.05) is 30.3 Å². The van der Waals surface area contributed by atoms with Gasteiger partial charge in [0.05, 0.1) is 0 Å². The van der Waals surface area contributed by atoms with Crippen molar-refractivity contribution in [1.82, 2.24) is 10.3 Å². The maximum Gasteiger partial charge on any atom is 0.222 e. The van der Waals surface area contributed by atoms with Gasteiger partial charge in [-0.05, 0) is 12.5 Å². The maximum atomic E-state index is 11.9. The number of nitrogens with two attached hydrogens (primary N) is 1. The molecule has 0 radical (unpaired) electrons. The molecular weight excluding hydrogens is 258 g/mol. The fourth-order valence-corrected chi connectivity index (χ4v) is 2.54. The highest BCUT2D eigenvalue weighted by molar-refractivity contribution is 7.09. The van der Waals surface area contributed by atoms with Crippen LogP contribution in [-0.4, -0.2) is 16.9 Å². The molecule has 4 nitrogen and oxygen atoms in total. The Labute approximate surface area is 116 Å². The van der Waals surface area contributed by atoms with Gasteiger partial charge in [0.1, 0.15) is 11.0 Å². The quantitative estimate of drug-likeness (QED) is 0.878. The summed E-state index contributed by atoms with van der Waals surface area (Å²) < 4.78 is 0. The molecule has 0 saturated heterocycles. The van der Waals surface area contributed by atoms with Crippen molar-refractivity contribution < 1.29 is 4.79 Å². The number of nitrogens with one attached hydrogen (secondary N) is 1. The lowest BCUT2D eigenvalue weighted by atomic mass is 10.1. The highest BCUT2D eigenvalue weighted by Crippen LogP contribution is 2.23. The number of benzene rings is 1. The van der Waals surface area contributed by atoms with E-state index < -0.39 is 0 Å². The van der Waals surface area contributed by atoms with E-state index >= 15 is 0 Å². The minimum Gasteiger partial charge on any atom is -0.343 e. The monoisotopic (exact) mass is 275 g/mol. The molecular formula is C14H17N3OS. The molecule has 0 fully saturated rings. The average molecular weight is 275 g/mol. The molecule has 1 aromatic carbocycles. The predicted octanol–water partition coefficient (Wildman–Crippen LogP) is 2.09. The van der Waals surface area contributed by atoms with E-state index in [4.69, 9.17) is 5.73 Å². The smallest absolute Gasteiger partial charge is 0.222 e. The molecule has 1 amide bonds. The van der Waals surface area contributed by atoms with Crippen LogP contribution in [0.4, 0.5) is 0 Å². The van der Waals surface area contributed by atoms with E-state index in [1.165, 1.54) is 11.3 Å². The van der Waals surface area contributed by atoms with Crippen LogP contribution in [-0.2, 0) is 4.79 Å². The summed E-state index contributed by atoms with van der Waals surface area (Å²) in [5.74, 6) is -0.0564. The molecule has 1 heterocycles. The van der Waals surface area contributed by atoms with Crippen molar-refractivity contribution in [3.8, 4) is 0 Å². The van der Waals surface area contributed by atoms with Crippen LogP contribution in [0.3, 0.4) is 0 Å². The lowest BCUT2D eigenvalue weighted by molar-refractivity contribution is -0.121. The molecule has 0 spiro atoms. The van der Waals surface area contributed by atoms with Gasteiger partial charge in [-0.15, -0.1) is 11.3 Å². The lowest BCUT2D eigenvalue weighted by Crippen LogP contribution is -2.33. The Morgan fingerprint density at radius 2 is 2.16 bits per heavy atom. The Hall–Kier alpha value is -1.72. The average Bonchev–Trinajstić information content (AvgIpc) is 2.90. The molecule has 3 N–H and O–H groups in total. The standard InChI is InChI=1S/C14H17N3OS/c1-10(15)9-12(18)17-13(14-16-7-8-19-14)11-5-3-2-4-6-11/h2-8,10,13H,9,15H2,1H3,(H,17,18). The van der Waals surface area contributed by atoms with Crippen LogP contribution in [0, 0.1) is 0 Å². The second-order valence-electron chi connectivity index (χ2n) is 4.46. The van der Waals surface area contributed by atoms with Crippen LogP contribution < -0.4 is 11.1 Å². The number of aromatic nitrogens is 1. The van der Waals surface area contributed by atoms with Gasteiger partial charge in [0.2, 0.25) is 5.91 Å². The van der Waals surface area contributed by atoms with E-state index in [0.29, 0.717) is 6.42 Å². The summed E-state index contributed by atoms with van der Waals surface area (Å²) in [6, 6.07) is 9.48. The molecule has 0 aliphatic rings. The van der Waals surface area contributed by atoms with Crippen LogP contribution in [0.1, 0.15) is 30.0 Å². The highest BCUT2D eigenvalue weighted by Gasteiger charge is 2.19. The Morgan fingerprint density at radius 1 is 1.42 bits per heavy atom. The van der Waals surface area contributed by atoms with E-state index in [2.05, 4.69) is 10.3 Å². The number of carbonyl (C=O) groups is 1. The zero-order valence-corrected chi connectivity index (χ0v) is 11.6. The van der Waals surface area contributed by atoms with Gasteiger partial charge in [-0.25, -0.2) is 4.98 Å². The summed E-state index contributed by atoms with van der Waals surface area (Å²) in [7, 11) is 0. The van der Waals surface area contributed by atoms with E-state index in [0.717, 1.165) is 10.6 Å². The molecule has 19 heavy (non-hydrogen) atoms. The number of nitrogens with zero attached hydrogens (tertiary/aromatic N) is 1. The zero-order valence-electron chi connectivity index (χ0n) is 10.7. The van der Waals surface area contributed by atoms with Crippen molar-refractivity contribution in [1.29, 1.82) is 0 Å². The zero-order chi connectivity index (χ0) is 13.7. The first-order valence-corrected chi connectivity index (χ1v) is 7.04. The van der Waals surface area contributed by atoms with Crippen LogP contribution in [0.15, 0.2) is 41.9 Å². The minimum atomic E-state index is -0.201. The molecule has 2 atom stereocenters. The highest BCUT2D eigenvalue weighted by atomic mass is 32.1. The first kappa shape index (κ1) is 13.7. The second-order valence-corrected chi connectivity index (χ2v) is 5.39. The van der Waals surface area contributed by atoms with Crippen molar-refractivity contribution >= 4 is 17.2 Å². The fourth-order valence-electron chi connectivity index (χ4n) is 1.82. The summed E-state index contributed by atoms with van der Waals surface area (Å²) in [6.07, 6.45) is 2.06. The maximum absolute atomic E-state index is 11.9. The lowest BCUT2D eigenvalue weighted by Gasteiger charge is -2.17. The van der Waals surface area contributed by atoms with Crippen LogP contribution in [0.25, 0.3) is 0 Å². The Bertz CT molecular complexity index is 511. The molecule has 1 aromatic heterocycles. The summed E-state index contributed by atoms with van der Waals surface area (Å²) in [6.45, 7) is 1.82. The Morgan fingerprint density at radius 3 is 2.74 bits per heavy atom. The van der Waals surface area contributed by atoms with Crippen LogP contribution in [0.5, 0.6) is 0 Å². The Kier molecular flexibility index (Phi) is 4.65. The molecule has 0 saturated carbocycles. The molecule has 5 heteroatoms. The van der Waals surface area contributed by atoms with Gasteiger partial charge in [0, 0.05) is 24.0 Å². The molecule has 100 valence electrons. The second kappa shape index (κ2) is 6.45. The number of thiazole rings is 1. The predicted molar refractivity (Wildman–Crippen MR) is 76.8 cm³/mol. The largest absolute Gasteiger partial charge is 0.343 e. The van der Waals surface area contributed by atoms with Gasteiger partial charge < -0.3 is 11.1 Å². The number of amides is 1. The van der Waals surface area contributed by atoms with E-state index in [-0.39, 0.29) is 18.0 Å². The molecule has 2 aromatic rings. The van der Waals surface area contributed by atoms with Crippen molar-refractivity contribution in [3.63, 3.8) is 0 Å². The van der Waals surface area contributed by atoms with E-state index in [9.17, 15) is 4.79 Å². The Balaban J connectivity index is 2.19. The first-order chi connectivity index (χ1) is 9.16. The number of hydrogen-bond donors (Lipinski definition) is 2. The van der Waals surface area contributed by atoms with Crippen molar-refractivity contribution in [2.75, 3.05) is 0 Å². The van der Waals surface area contributed by atoms with Gasteiger partial charge in [0.15, 0.2) is 0 Å². The summed E-state index contributed by atoms with van der Waals surface area (Å²) in [5.41, 5.74) is 6.68. The van der Waals surface area contributed by atoms with Crippen molar-refractivity contribution in [2.24, 2.45) is 5.73 Å². The fraction of sp³-hybridized carbons (Fsp3) is 0.286. The van der Waals surface area contributed by atoms with Crippen molar-refractivity contribution in [3.05, 3.63) is 52.5 Å². The van der Waals surface area contributed by atoms with Crippen LogP contribution in [0.2, 0.25) is 0 Å². The van der Waals surface area contributed by atoms with E-state index in [1.54, 1.807) is 6.20 Å². The third kappa shape index (κ3) is 3.87. The van der Waals surface area contributed by atoms with Crippen LogP contribution >= 0.6 is 11.3 Å². The van der Waals surface area contributed by atoms with Crippen molar-refractivity contribution in [2.45, 2.75) is 25.4 Å². The van der Waals surface area contributed by atoms with Gasteiger partial charge in [-0.3, -0.25) is 4.79 Å².